The van der Waals surface area contributed by atoms with Gasteiger partial charge >= 0.3 is 0 Å². The molecule has 0 unspecified atom stereocenters. The summed E-state index contributed by atoms with van der Waals surface area (Å²) in [5.74, 6) is -0.469. The van der Waals surface area contributed by atoms with E-state index >= 15 is 0 Å². The van der Waals surface area contributed by atoms with Gasteiger partial charge < -0.3 is 5.32 Å². The predicted molar refractivity (Wildman–Crippen MR) is 112 cm³/mol. The van der Waals surface area contributed by atoms with E-state index in [2.05, 4.69) is 10.4 Å². The first-order valence-corrected chi connectivity index (χ1v) is 10.9. The number of nitrogens with one attached hydrogen (secondary N) is 1. The van der Waals surface area contributed by atoms with Gasteiger partial charge in [0.25, 0.3) is 5.56 Å². The van der Waals surface area contributed by atoms with Gasteiger partial charge in [-0.2, -0.15) is 9.40 Å². The molecular weight excluding hydrogens is 392 g/mol. The monoisotopic (exact) mass is 420 g/mol. The first-order valence-electron chi connectivity index (χ1n) is 9.47. The molecule has 29 heavy (non-hydrogen) atoms. The maximum absolute atomic E-state index is 12.7. The Bertz CT molecular complexity index is 1030. The van der Waals surface area contributed by atoms with Crippen molar-refractivity contribution in [3.63, 3.8) is 0 Å². The molecule has 1 N–H and O–H groups in total. The van der Waals surface area contributed by atoms with Gasteiger partial charge in [-0.1, -0.05) is 40.7 Å². The first kappa shape index (κ1) is 22.8. The molecule has 0 aliphatic heterocycles. The summed E-state index contributed by atoms with van der Waals surface area (Å²) in [7, 11) is -3.63. The fourth-order valence-corrected chi connectivity index (χ4v) is 4.25. The number of aromatic nitrogens is 2. The molecule has 0 bridgehead atoms. The molecule has 0 aliphatic carbocycles. The largest absolute Gasteiger partial charge is 0.324 e. The number of benzene rings is 1. The van der Waals surface area contributed by atoms with Crippen LogP contribution in [0.1, 0.15) is 40.3 Å². The number of carbonyl (C=O) groups excluding carboxylic acids is 1. The van der Waals surface area contributed by atoms with E-state index in [1.54, 1.807) is 32.0 Å². The highest BCUT2D eigenvalue weighted by Crippen LogP contribution is 2.20. The molecular formula is C20H28N4O4S. The van der Waals surface area contributed by atoms with Crippen LogP contribution in [0, 0.1) is 0 Å². The normalized spacial score (nSPS) is 12.2. The topological polar surface area (TPSA) is 101 Å². The van der Waals surface area contributed by atoms with Gasteiger partial charge in [-0.3, -0.25) is 9.59 Å². The minimum atomic E-state index is -3.63. The average Bonchev–Trinajstić information content (AvgIpc) is 2.63. The number of sulfonamides is 1. The number of anilines is 1. The summed E-state index contributed by atoms with van der Waals surface area (Å²) < 4.78 is 27.8. The molecule has 1 amide bonds. The Kier molecular flexibility index (Phi) is 6.97. The molecule has 0 saturated heterocycles. The molecule has 0 spiro atoms. The summed E-state index contributed by atoms with van der Waals surface area (Å²) in [6, 6.07) is 9.10. The van der Waals surface area contributed by atoms with Gasteiger partial charge in [0.05, 0.1) is 10.6 Å². The van der Waals surface area contributed by atoms with Crippen molar-refractivity contribution in [3.8, 4) is 0 Å². The first-order chi connectivity index (χ1) is 13.5. The van der Waals surface area contributed by atoms with Crippen molar-refractivity contribution in [1.29, 1.82) is 0 Å². The van der Waals surface area contributed by atoms with E-state index in [1.807, 2.05) is 20.8 Å². The number of carbonyl (C=O) groups is 1. The van der Waals surface area contributed by atoms with Crippen LogP contribution >= 0.6 is 0 Å². The highest BCUT2D eigenvalue weighted by molar-refractivity contribution is 7.89. The van der Waals surface area contributed by atoms with Crippen LogP contribution in [0.5, 0.6) is 0 Å². The summed E-state index contributed by atoms with van der Waals surface area (Å²) >= 11 is 0. The van der Waals surface area contributed by atoms with E-state index in [1.165, 1.54) is 22.5 Å². The zero-order valence-corrected chi connectivity index (χ0v) is 18.3. The molecule has 0 atom stereocenters. The van der Waals surface area contributed by atoms with Gasteiger partial charge in [0.2, 0.25) is 15.9 Å². The molecule has 0 fully saturated rings. The lowest BCUT2D eigenvalue weighted by molar-refractivity contribution is -0.117. The molecule has 2 aromatic rings. The molecule has 0 saturated carbocycles. The zero-order chi connectivity index (χ0) is 21.8. The molecule has 158 valence electrons. The predicted octanol–water partition coefficient (Wildman–Crippen LogP) is 2.21. The third-order valence-corrected chi connectivity index (χ3v) is 6.44. The van der Waals surface area contributed by atoms with Crippen LogP contribution in [0.4, 0.5) is 5.69 Å². The molecule has 0 aliphatic rings. The van der Waals surface area contributed by atoms with Gasteiger partial charge in [0, 0.05) is 30.3 Å². The molecule has 0 radical (unpaired) electrons. The van der Waals surface area contributed by atoms with E-state index in [-0.39, 0.29) is 22.4 Å². The maximum atomic E-state index is 12.7. The summed E-state index contributed by atoms with van der Waals surface area (Å²) in [6.45, 7) is 9.87. The minimum absolute atomic E-state index is 0.101. The second-order valence-corrected chi connectivity index (χ2v) is 9.57. The molecule has 8 nitrogen and oxygen atoms in total. The Balaban J connectivity index is 2.22. The number of hydrogen-bond acceptors (Lipinski definition) is 5. The summed E-state index contributed by atoms with van der Waals surface area (Å²) in [4.78, 5) is 24.6. The van der Waals surface area contributed by atoms with E-state index in [0.29, 0.717) is 24.5 Å². The Morgan fingerprint density at radius 1 is 1.14 bits per heavy atom. The van der Waals surface area contributed by atoms with Gasteiger partial charge in [0.15, 0.2) is 0 Å². The highest BCUT2D eigenvalue weighted by Gasteiger charge is 2.22. The average molecular weight is 421 g/mol. The van der Waals surface area contributed by atoms with Gasteiger partial charge in [-0.05, 0) is 24.3 Å². The number of rotatable bonds is 7. The second-order valence-electron chi connectivity index (χ2n) is 7.63. The number of nitrogens with zero attached hydrogens (tertiary/aromatic N) is 3. The number of amides is 1. The molecule has 2 rings (SSSR count). The minimum Gasteiger partial charge on any atom is -0.324 e. The van der Waals surface area contributed by atoms with Crippen LogP contribution in [-0.2, 0) is 26.8 Å². The van der Waals surface area contributed by atoms with Crippen LogP contribution in [0.15, 0.2) is 46.1 Å². The molecule has 1 aromatic heterocycles. The Labute approximate surface area is 171 Å². The van der Waals surface area contributed by atoms with Crippen LogP contribution < -0.4 is 10.9 Å². The van der Waals surface area contributed by atoms with Crippen molar-refractivity contribution in [2.45, 2.75) is 51.5 Å². The Morgan fingerprint density at radius 2 is 1.79 bits per heavy atom. The molecule has 1 heterocycles. The van der Waals surface area contributed by atoms with E-state index < -0.39 is 15.9 Å². The van der Waals surface area contributed by atoms with Crippen molar-refractivity contribution in [1.82, 2.24) is 14.1 Å². The quantitative estimate of drug-likeness (QED) is 0.740. The van der Waals surface area contributed by atoms with E-state index in [0.717, 1.165) is 4.68 Å². The summed E-state index contributed by atoms with van der Waals surface area (Å²) in [6.07, 6.45) is 0. The van der Waals surface area contributed by atoms with Crippen LogP contribution in [0.3, 0.4) is 0 Å². The Morgan fingerprint density at radius 3 is 2.38 bits per heavy atom. The third kappa shape index (κ3) is 5.51. The highest BCUT2D eigenvalue weighted by atomic mass is 32.2. The van der Waals surface area contributed by atoms with Gasteiger partial charge in [-0.15, -0.1) is 0 Å². The van der Waals surface area contributed by atoms with Gasteiger partial charge in [-0.25, -0.2) is 13.1 Å². The van der Waals surface area contributed by atoms with Crippen molar-refractivity contribution in [3.05, 3.63) is 52.4 Å². The molecule has 9 heteroatoms. The third-order valence-electron chi connectivity index (χ3n) is 4.39. The van der Waals surface area contributed by atoms with Crippen molar-refractivity contribution < 1.29 is 13.2 Å². The van der Waals surface area contributed by atoms with Crippen molar-refractivity contribution in [2.24, 2.45) is 0 Å². The smallest absolute Gasteiger partial charge is 0.267 e. The maximum Gasteiger partial charge on any atom is 0.267 e. The van der Waals surface area contributed by atoms with E-state index in [9.17, 15) is 18.0 Å². The van der Waals surface area contributed by atoms with Crippen LogP contribution in [0.25, 0.3) is 0 Å². The lowest BCUT2D eigenvalue weighted by Gasteiger charge is -2.19. The lowest BCUT2D eigenvalue weighted by Crippen LogP contribution is -2.32. The number of hydrogen-bond donors (Lipinski definition) is 1. The Hall–Kier alpha value is -2.52. The fraction of sp³-hybridized carbons (Fsp3) is 0.450. The van der Waals surface area contributed by atoms with Crippen LogP contribution in [0.2, 0.25) is 0 Å². The van der Waals surface area contributed by atoms with Gasteiger partial charge in [0.1, 0.15) is 6.54 Å². The zero-order valence-electron chi connectivity index (χ0n) is 17.5. The fourth-order valence-electron chi connectivity index (χ4n) is 2.75. The van der Waals surface area contributed by atoms with Crippen LogP contribution in [-0.4, -0.2) is 41.5 Å². The van der Waals surface area contributed by atoms with Crippen molar-refractivity contribution in [2.75, 3.05) is 18.4 Å². The SMILES string of the molecule is CCN(CC)S(=O)(=O)c1cccc(NC(=O)Cn2nc(C(C)(C)C)ccc2=O)c1. The molecule has 1 aromatic carbocycles. The van der Waals surface area contributed by atoms with E-state index in [4.69, 9.17) is 0 Å². The van der Waals surface area contributed by atoms with Crippen molar-refractivity contribution >= 4 is 21.6 Å². The second kappa shape index (κ2) is 8.87. The lowest BCUT2D eigenvalue weighted by atomic mass is 9.92. The summed E-state index contributed by atoms with van der Waals surface area (Å²) in [5.41, 5.74) is 0.380. The summed E-state index contributed by atoms with van der Waals surface area (Å²) in [5, 5.41) is 6.91. The standard InChI is InChI=1S/C20H28N4O4S/c1-6-23(7-2)29(27,28)16-10-8-9-15(13-16)21-18(25)14-24-19(26)12-11-17(22-24)20(3,4)5/h8-13H,6-7,14H2,1-5H3,(H,21,25).